The fourth-order valence-corrected chi connectivity index (χ4v) is 1.64. The number of nitro groups is 1. The van der Waals surface area contributed by atoms with E-state index in [1.54, 1.807) is 0 Å². The van der Waals surface area contributed by atoms with E-state index in [-0.39, 0.29) is 10.6 Å². The van der Waals surface area contributed by atoms with Crippen LogP contribution in [0.25, 0.3) is 10.4 Å². The number of carbonyl (C=O) groups is 3. The smallest absolute Gasteiger partial charge is 0.424 e. The quantitative estimate of drug-likeness (QED) is 0.206. The van der Waals surface area contributed by atoms with Gasteiger partial charge in [-0.3, -0.25) is 19.7 Å². The van der Waals surface area contributed by atoms with Crippen LogP contribution in [0.4, 0.5) is 16.2 Å². The van der Waals surface area contributed by atoms with Gasteiger partial charge < -0.3 is 4.74 Å². The highest BCUT2D eigenvalue weighted by Crippen LogP contribution is 2.26. The largest absolute Gasteiger partial charge is 0.439 e. The summed E-state index contributed by atoms with van der Waals surface area (Å²) in [5, 5.41) is 14.1. The standard InChI is InChI=1S/C10H5N5O6/c11-13-12-5-1-2-7(15(19)20)6(3-5)9(17)14-8(16)4-21-10(14)18/h1-3H,4H2. The molecule has 106 valence electrons. The lowest BCUT2D eigenvalue weighted by atomic mass is 10.1. The number of amides is 3. The van der Waals surface area contributed by atoms with Crippen LogP contribution in [0.5, 0.6) is 0 Å². The number of cyclic esters (lactones) is 1. The van der Waals surface area contributed by atoms with Crippen LogP contribution in [-0.4, -0.2) is 34.3 Å². The van der Waals surface area contributed by atoms with E-state index in [4.69, 9.17) is 5.53 Å². The molecule has 0 atom stereocenters. The molecule has 0 aromatic heterocycles. The summed E-state index contributed by atoms with van der Waals surface area (Å²) in [7, 11) is 0. The van der Waals surface area contributed by atoms with Gasteiger partial charge in [-0.05, 0) is 17.7 Å². The topological polar surface area (TPSA) is 156 Å². The van der Waals surface area contributed by atoms with E-state index >= 15 is 0 Å². The van der Waals surface area contributed by atoms with Crippen LogP contribution in [0.3, 0.4) is 0 Å². The molecule has 1 aliphatic rings. The predicted molar refractivity (Wildman–Crippen MR) is 64.4 cm³/mol. The highest BCUT2D eigenvalue weighted by atomic mass is 16.6. The maximum atomic E-state index is 12.1. The van der Waals surface area contributed by atoms with Gasteiger partial charge in [0.15, 0.2) is 6.61 Å². The molecular weight excluding hydrogens is 286 g/mol. The van der Waals surface area contributed by atoms with Crippen molar-refractivity contribution in [2.75, 3.05) is 6.61 Å². The first-order valence-electron chi connectivity index (χ1n) is 5.33. The Morgan fingerprint density at radius 1 is 1.48 bits per heavy atom. The fraction of sp³-hybridized carbons (Fsp3) is 0.100. The molecule has 0 aliphatic carbocycles. The zero-order valence-corrected chi connectivity index (χ0v) is 10.1. The van der Waals surface area contributed by atoms with Crippen LogP contribution in [-0.2, 0) is 9.53 Å². The van der Waals surface area contributed by atoms with Crippen molar-refractivity contribution in [2.24, 2.45) is 5.11 Å². The van der Waals surface area contributed by atoms with E-state index in [2.05, 4.69) is 14.8 Å². The van der Waals surface area contributed by atoms with Crippen LogP contribution < -0.4 is 0 Å². The Labute approximate surface area is 115 Å². The molecule has 1 aromatic rings. The molecule has 1 heterocycles. The molecule has 3 amide bonds. The van der Waals surface area contributed by atoms with Crippen molar-refractivity contribution in [2.45, 2.75) is 0 Å². The molecule has 1 aromatic carbocycles. The first kappa shape index (κ1) is 14.0. The monoisotopic (exact) mass is 291 g/mol. The van der Waals surface area contributed by atoms with Crippen molar-refractivity contribution >= 4 is 29.3 Å². The van der Waals surface area contributed by atoms with Crippen molar-refractivity contribution in [1.82, 2.24) is 4.90 Å². The summed E-state index contributed by atoms with van der Waals surface area (Å²) in [4.78, 5) is 47.5. The van der Waals surface area contributed by atoms with E-state index in [0.717, 1.165) is 18.2 Å². The Hall–Kier alpha value is -3.46. The number of rotatable bonds is 3. The Morgan fingerprint density at radius 3 is 2.71 bits per heavy atom. The van der Waals surface area contributed by atoms with Gasteiger partial charge in [0, 0.05) is 16.7 Å². The molecule has 1 saturated heterocycles. The summed E-state index contributed by atoms with van der Waals surface area (Å²) in [6.45, 7) is -0.617. The number of imide groups is 3. The van der Waals surface area contributed by atoms with Gasteiger partial charge in [0.25, 0.3) is 17.5 Å². The third-order valence-corrected chi connectivity index (χ3v) is 2.52. The lowest BCUT2D eigenvalue weighted by molar-refractivity contribution is -0.385. The SMILES string of the molecule is [N-]=[N+]=Nc1ccc([N+](=O)[O-])c(C(=O)N2C(=O)COC2=O)c1. The van der Waals surface area contributed by atoms with Gasteiger partial charge in [0.1, 0.15) is 5.56 Å². The number of ether oxygens (including phenoxy) is 1. The molecule has 0 spiro atoms. The second-order valence-corrected chi connectivity index (χ2v) is 3.74. The minimum Gasteiger partial charge on any atom is -0.439 e. The number of nitrogens with zero attached hydrogens (tertiary/aromatic N) is 5. The number of azide groups is 1. The number of benzene rings is 1. The third kappa shape index (κ3) is 2.48. The molecule has 0 bridgehead atoms. The van der Waals surface area contributed by atoms with Gasteiger partial charge in [-0.15, -0.1) is 0 Å². The van der Waals surface area contributed by atoms with Crippen molar-refractivity contribution in [3.05, 3.63) is 44.3 Å². The predicted octanol–water partition coefficient (Wildman–Crippen LogP) is 1.66. The van der Waals surface area contributed by atoms with E-state index in [0.29, 0.717) is 0 Å². The Morgan fingerprint density at radius 2 is 2.19 bits per heavy atom. The summed E-state index contributed by atoms with van der Waals surface area (Å²) in [5.74, 6) is -2.15. The zero-order chi connectivity index (χ0) is 15.6. The number of hydrogen-bond donors (Lipinski definition) is 0. The van der Waals surface area contributed by atoms with Gasteiger partial charge >= 0.3 is 6.09 Å². The minimum atomic E-state index is -1.22. The van der Waals surface area contributed by atoms with Gasteiger partial charge in [-0.25, -0.2) is 4.79 Å². The molecule has 1 fully saturated rings. The first-order valence-corrected chi connectivity index (χ1v) is 5.33. The molecular formula is C10H5N5O6. The van der Waals surface area contributed by atoms with Gasteiger partial charge in [-0.2, -0.15) is 4.90 Å². The van der Waals surface area contributed by atoms with Crippen LogP contribution >= 0.6 is 0 Å². The maximum Gasteiger partial charge on any atom is 0.424 e. The number of carbonyl (C=O) groups excluding carboxylic acids is 3. The average Bonchev–Trinajstić information content (AvgIpc) is 2.77. The molecule has 2 rings (SSSR count). The molecule has 0 unspecified atom stereocenters. The summed E-state index contributed by atoms with van der Waals surface area (Å²) >= 11 is 0. The van der Waals surface area contributed by atoms with Gasteiger partial charge in [-0.1, -0.05) is 5.11 Å². The van der Waals surface area contributed by atoms with Crippen molar-refractivity contribution in [3.63, 3.8) is 0 Å². The fourth-order valence-electron chi connectivity index (χ4n) is 1.64. The highest BCUT2D eigenvalue weighted by Gasteiger charge is 2.39. The Kier molecular flexibility index (Phi) is 3.50. The van der Waals surface area contributed by atoms with Crippen LogP contribution in [0.1, 0.15) is 10.4 Å². The van der Waals surface area contributed by atoms with E-state index < -0.39 is 40.7 Å². The molecule has 0 N–H and O–H groups in total. The lowest BCUT2D eigenvalue weighted by Crippen LogP contribution is -2.35. The molecule has 11 heteroatoms. The van der Waals surface area contributed by atoms with E-state index in [1.165, 1.54) is 0 Å². The molecule has 0 saturated carbocycles. The molecule has 11 nitrogen and oxygen atoms in total. The second-order valence-electron chi connectivity index (χ2n) is 3.74. The minimum absolute atomic E-state index is 0.0773. The number of hydrogen-bond acceptors (Lipinski definition) is 7. The maximum absolute atomic E-state index is 12.1. The Bertz CT molecular complexity index is 707. The summed E-state index contributed by atoms with van der Waals surface area (Å²) in [6.07, 6.45) is -1.21. The first-order chi connectivity index (χ1) is 9.95. The van der Waals surface area contributed by atoms with E-state index in [9.17, 15) is 24.5 Å². The summed E-state index contributed by atoms with van der Waals surface area (Å²) < 4.78 is 4.36. The third-order valence-electron chi connectivity index (χ3n) is 2.52. The molecule has 0 radical (unpaired) electrons. The molecule has 21 heavy (non-hydrogen) atoms. The number of nitro benzene ring substituents is 1. The van der Waals surface area contributed by atoms with Crippen molar-refractivity contribution in [3.8, 4) is 0 Å². The average molecular weight is 291 g/mol. The van der Waals surface area contributed by atoms with Crippen LogP contribution in [0.15, 0.2) is 23.3 Å². The van der Waals surface area contributed by atoms with Gasteiger partial charge in [0.05, 0.1) is 4.92 Å². The van der Waals surface area contributed by atoms with Gasteiger partial charge in [0.2, 0.25) is 0 Å². The highest BCUT2D eigenvalue weighted by molar-refractivity contribution is 6.18. The van der Waals surface area contributed by atoms with Crippen LogP contribution in [0.2, 0.25) is 0 Å². The second kappa shape index (κ2) is 5.27. The van der Waals surface area contributed by atoms with E-state index in [1.807, 2.05) is 0 Å². The van der Waals surface area contributed by atoms with Crippen molar-refractivity contribution < 1.29 is 24.0 Å². The molecule has 1 aliphatic heterocycles. The normalized spacial score (nSPS) is 13.6. The Balaban J connectivity index is 2.54. The zero-order valence-electron chi connectivity index (χ0n) is 10.1. The van der Waals surface area contributed by atoms with Crippen LogP contribution in [0, 0.1) is 10.1 Å². The van der Waals surface area contributed by atoms with Crippen molar-refractivity contribution in [1.29, 1.82) is 0 Å². The summed E-state index contributed by atoms with van der Waals surface area (Å²) in [6, 6.07) is 2.97. The lowest BCUT2D eigenvalue weighted by Gasteiger charge is -2.09. The summed E-state index contributed by atoms with van der Waals surface area (Å²) in [5.41, 5.74) is 7.05.